The van der Waals surface area contributed by atoms with E-state index < -0.39 is 10.5 Å². The Kier molecular flexibility index (Phi) is 4.94. The summed E-state index contributed by atoms with van der Waals surface area (Å²) in [6.45, 7) is 2.07. The summed E-state index contributed by atoms with van der Waals surface area (Å²) < 4.78 is 28.1. The Balaban J connectivity index is 1.69. The van der Waals surface area contributed by atoms with Crippen molar-refractivity contribution in [1.82, 2.24) is 0 Å². The normalized spacial score (nSPS) is 16.0. The Morgan fingerprint density at radius 3 is 2.48 bits per heavy atom. The summed E-state index contributed by atoms with van der Waals surface area (Å²) in [5.41, 5.74) is 0.225. The van der Waals surface area contributed by atoms with Gasteiger partial charge in [0.15, 0.2) is 25.9 Å². The van der Waals surface area contributed by atoms with Crippen molar-refractivity contribution >= 4 is 36.6 Å². The number of rotatable bonds is 4. The fourth-order valence-corrected chi connectivity index (χ4v) is 6.96. The van der Waals surface area contributed by atoms with Crippen LogP contribution < -0.4 is 4.74 Å². The van der Waals surface area contributed by atoms with Gasteiger partial charge in [0.2, 0.25) is 0 Å². The van der Waals surface area contributed by atoms with Gasteiger partial charge in [-0.3, -0.25) is 0 Å². The van der Waals surface area contributed by atoms with Crippen molar-refractivity contribution in [2.45, 2.75) is 38.2 Å². The summed E-state index contributed by atoms with van der Waals surface area (Å²) in [7, 11) is 0.990. The van der Waals surface area contributed by atoms with Crippen molar-refractivity contribution in [2.75, 3.05) is 7.11 Å². The first-order valence-electron chi connectivity index (χ1n) is 10.5. The van der Waals surface area contributed by atoms with Gasteiger partial charge in [0, 0.05) is 33.4 Å². The minimum absolute atomic E-state index is 0.302. The molecule has 1 atom stereocenters. The summed E-state index contributed by atoms with van der Waals surface area (Å²) in [4.78, 5) is 13.1. The molecule has 0 amide bonds. The van der Waals surface area contributed by atoms with E-state index in [0.29, 0.717) is 11.3 Å². The summed E-state index contributed by atoms with van der Waals surface area (Å²) >= 11 is 0. The molecule has 1 aliphatic rings. The number of hydrogen-bond donors (Lipinski definition) is 0. The highest BCUT2D eigenvalue weighted by Crippen LogP contribution is 2.49. The number of hydrogen-bond acceptors (Lipinski definition) is 3. The Labute approximate surface area is 183 Å². The average molecular weight is 436 g/mol. The first-order valence-corrected chi connectivity index (χ1v) is 11.8. The molecule has 1 aliphatic carbocycles. The van der Waals surface area contributed by atoms with E-state index in [2.05, 4.69) is 19.1 Å². The molecule has 0 bridgehead atoms. The fraction of sp³-hybridized carbons (Fsp3) is 0.269. The van der Waals surface area contributed by atoms with E-state index in [1.54, 1.807) is 6.07 Å². The number of methoxy groups -OCH3 is 1. The van der Waals surface area contributed by atoms with Crippen molar-refractivity contribution in [3.8, 4) is 10.6 Å². The van der Waals surface area contributed by atoms with E-state index in [4.69, 9.17) is 9.47 Å². The van der Waals surface area contributed by atoms with Crippen LogP contribution in [0.2, 0.25) is 0 Å². The predicted molar refractivity (Wildman–Crippen MR) is 124 cm³/mol. The van der Waals surface area contributed by atoms with Crippen LogP contribution in [0.15, 0.2) is 60.7 Å². The smallest absolute Gasteiger partial charge is 0.337 e. The Morgan fingerprint density at radius 2 is 1.71 bits per heavy atom. The van der Waals surface area contributed by atoms with Gasteiger partial charge in [0.05, 0.1) is 12.7 Å². The number of esters is 1. The summed E-state index contributed by atoms with van der Waals surface area (Å²) in [5, 5.41) is 2.12. The highest BCUT2D eigenvalue weighted by Gasteiger charge is 2.32. The van der Waals surface area contributed by atoms with E-state index in [-0.39, 0.29) is 17.4 Å². The molecule has 0 radical (unpaired) electrons. The van der Waals surface area contributed by atoms with Crippen molar-refractivity contribution in [1.29, 1.82) is 0 Å². The monoisotopic (exact) mass is 435 g/mol. The van der Waals surface area contributed by atoms with Gasteiger partial charge in [-0.25, -0.2) is 9.18 Å². The lowest BCUT2D eigenvalue weighted by molar-refractivity contribution is 0.0601. The minimum Gasteiger partial charge on any atom is -0.484 e. The molecule has 5 heteroatoms. The van der Waals surface area contributed by atoms with Crippen LogP contribution in [0.4, 0.5) is 4.39 Å². The minimum atomic E-state index is -0.398. The quantitative estimate of drug-likeness (QED) is 0.248. The van der Waals surface area contributed by atoms with Gasteiger partial charge in [0.25, 0.3) is 0 Å². The third-order valence-electron chi connectivity index (χ3n) is 6.17. The van der Waals surface area contributed by atoms with Crippen LogP contribution in [0.5, 0.6) is 5.75 Å². The zero-order valence-electron chi connectivity index (χ0n) is 17.6. The van der Waals surface area contributed by atoms with Crippen LogP contribution >= 0.6 is 10.5 Å². The number of halogens is 1. The molecule has 5 rings (SSSR count). The second-order valence-electron chi connectivity index (χ2n) is 8.36. The van der Waals surface area contributed by atoms with E-state index >= 15 is 0 Å². The molecule has 3 aromatic carbocycles. The fourth-order valence-electron chi connectivity index (χ4n) is 4.58. The number of carbonyl (C=O) groups is 1. The standard InChI is InChI=1S/C26H24FO3S/c1-26(13-5-6-14-26)30-22-16-18(10-11-21(22)27)31-23-8-4-3-7-19(23)20-15-17(25(28)29-2)9-12-24(20)31/h3-4,7-12,15-16H,5-6,13-14H2,1-2H3/q+1. The third-order valence-corrected chi connectivity index (χ3v) is 8.49. The number of fused-ring (bicyclic) bond motifs is 3. The highest BCUT2D eigenvalue weighted by molar-refractivity contribution is 7.50. The predicted octanol–water partition coefficient (Wildman–Crippen LogP) is 7.37. The molecular weight excluding hydrogens is 411 g/mol. The molecule has 0 spiro atoms. The zero-order valence-corrected chi connectivity index (χ0v) is 18.4. The number of ether oxygens (including phenoxy) is 2. The van der Waals surface area contributed by atoms with Crippen LogP contribution in [0.1, 0.15) is 43.0 Å². The van der Waals surface area contributed by atoms with E-state index in [1.165, 1.54) is 17.9 Å². The maximum absolute atomic E-state index is 14.7. The van der Waals surface area contributed by atoms with Crippen LogP contribution in [0.3, 0.4) is 0 Å². The van der Waals surface area contributed by atoms with Gasteiger partial charge in [0.1, 0.15) is 5.60 Å². The van der Waals surface area contributed by atoms with Crippen molar-refractivity contribution in [3.05, 3.63) is 72.0 Å². The number of benzene rings is 3. The Bertz CT molecular complexity index is 1300. The molecule has 4 aromatic rings. The van der Waals surface area contributed by atoms with E-state index in [1.807, 2.05) is 36.4 Å². The molecule has 158 valence electrons. The molecule has 3 nitrogen and oxygen atoms in total. The van der Waals surface area contributed by atoms with Gasteiger partial charge in [-0.1, -0.05) is 12.1 Å². The third kappa shape index (κ3) is 3.47. The second-order valence-corrected chi connectivity index (χ2v) is 10.3. The topological polar surface area (TPSA) is 35.5 Å². The van der Waals surface area contributed by atoms with E-state index in [0.717, 1.165) is 46.1 Å². The van der Waals surface area contributed by atoms with Gasteiger partial charge in [-0.2, -0.15) is 0 Å². The summed E-state index contributed by atoms with van der Waals surface area (Å²) in [6.07, 6.45) is 4.13. The largest absolute Gasteiger partial charge is 0.484 e. The Hall–Kier alpha value is -2.92. The highest BCUT2D eigenvalue weighted by atomic mass is 32.2. The first kappa shape index (κ1) is 20.0. The van der Waals surface area contributed by atoms with Gasteiger partial charge >= 0.3 is 5.97 Å². The van der Waals surface area contributed by atoms with Crippen LogP contribution in [-0.2, 0) is 4.74 Å². The molecule has 1 aromatic heterocycles. The van der Waals surface area contributed by atoms with Crippen molar-refractivity contribution < 1.29 is 18.7 Å². The first-order chi connectivity index (χ1) is 15.0. The van der Waals surface area contributed by atoms with Gasteiger partial charge in [-0.15, -0.1) is 0 Å². The van der Waals surface area contributed by atoms with Crippen LogP contribution in [-0.4, -0.2) is 18.7 Å². The van der Waals surface area contributed by atoms with E-state index in [9.17, 15) is 9.18 Å². The lowest BCUT2D eigenvalue weighted by atomic mass is 10.1. The number of thiophene rings is 1. The molecular formula is C26H24FO3S+. The maximum atomic E-state index is 14.7. The second kappa shape index (κ2) is 7.65. The van der Waals surface area contributed by atoms with Crippen LogP contribution in [0.25, 0.3) is 25.1 Å². The molecule has 1 saturated carbocycles. The SMILES string of the molecule is COC(=O)c1ccc2c(c1)c1ccccc1[s+]2-c1ccc(F)c(OC2(C)CCCC2)c1. The molecule has 1 fully saturated rings. The number of carbonyl (C=O) groups excluding carboxylic acids is 1. The van der Waals surface area contributed by atoms with Crippen LogP contribution in [0, 0.1) is 5.82 Å². The lowest BCUT2D eigenvalue weighted by Gasteiger charge is -2.25. The molecule has 1 heterocycles. The molecule has 0 aliphatic heterocycles. The molecule has 0 N–H and O–H groups in total. The summed E-state index contributed by atoms with van der Waals surface area (Å²) in [6, 6.07) is 19.1. The van der Waals surface area contributed by atoms with Crippen molar-refractivity contribution in [3.63, 3.8) is 0 Å². The van der Waals surface area contributed by atoms with Crippen molar-refractivity contribution in [2.24, 2.45) is 0 Å². The Morgan fingerprint density at radius 1 is 0.968 bits per heavy atom. The zero-order chi connectivity index (χ0) is 21.6. The molecule has 1 unspecified atom stereocenters. The maximum Gasteiger partial charge on any atom is 0.337 e. The molecule has 0 saturated heterocycles. The van der Waals surface area contributed by atoms with Gasteiger partial charge in [-0.05, 0) is 69.0 Å². The van der Waals surface area contributed by atoms with Gasteiger partial charge < -0.3 is 9.47 Å². The average Bonchev–Trinajstić information content (AvgIpc) is 3.36. The summed E-state index contributed by atoms with van der Waals surface area (Å²) in [5.74, 6) is -0.352. The lowest BCUT2D eigenvalue weighted by Crippen LogP contribution is -2.28. The molecule has 31 heavy (non-hydrogen) atoms.